The lowest BCUT2D eigenvalue weighted by Gasteiger charge is -2.48. The zero-order valence-electron chi connectivity index (χ0n) is 10.5. The minimum Gasteiger partial charge on any atom is -0.481 e. The minimum absolute atomic E-state index is 0.0369. The Morgan fingerprint density at radius 1 is 1.24 bits per heavy atom. The maximum absolute atomic E-state index is 11.3. The van der Waals surface area contributed by atoms with Gasteiger partial charge in [0.2, 0.25) is 0 Å². The van der Waals surface area contributed by atoms with Gasteiger partial charge in [-0.25, -0.2) is 0 Å². The van der Waals surface area contributed by atoms with Crippen molar-refractivity contribution in [2.75, 3.05) is 13.1 Å². The minimum atomic E-state index is -0.594. The van der Waals surface area contributed by atoms with Gasteiger partial charge in [-0.3, -0.25) is 9.69 Å². The topological polar surface area (TPSA) is 40.5 Å². The summed E-state index contributed by atoms with van der Waals surface area (Å²) in [5, 5.41) is 9.27. The Morgan fingerprint density at radius 3 is 2.53 bits per heavy atom. The first kappa shape index (κ1) is 11.5. The Hall–Kier alpha value is -0.570. The monoisotopic (exact) mass is 237 g/mol. The molecule has 3 fully saturated rings. The number of rotatable bonds is 3. The Kier molecular flexibility index (Phi) is 2.89. The van der Waals surface area contributed by atoms with Crippen molar-refractivity contribution in [3.8, 4) is 0 Å². The largest absolute Gasteiger partial charge is 0.481 e. The molecule has 0 radical (unpaired) electrons. The molecule has 3 heteroatoms. The van der Waals surface area contributed by atoms with Crippen LogP contribution in [0.1, 0.15) is 51.4 Å². The van der Waals surface area contributed by atoms with Crippen molar-refractivity contribution in [1.82, 2.24) is 4.90 Å². The van der Waals surface area contributed by atoms with E-state index in [2.05, 4.69) is 4.90 Å². The van der Waals surface area contributed by atoms with Crippen molar-refractivity contribution in [2.24, 2.45) is 11.8 Å². The average molecular weight is 237 g/mol. The first-order valence-electron chi connectivity index (χ1n) is 7.17. The SMILES string of the molecule is O=C(O)CC1(N2CCCCC2)CC2CCC1C2. The second-order valence-corrected chi connectivity index (χ2v) is 6.30. The highest BCUT2D eigenvalue weighted by Crippen LogP contribution is 2.55. The third-order valence-corrected chi connectivity index (χ3v) is 5.39. The average Bonchev–Trinajstić information content (AvgIpc) is 2.90. The fourth-order valence-corrected chi connectivity index (χ4v) is 4.73. The van der Waals surface area contributed by atoms with E-state index in [-0.39, 0.29) is 5.54 Å². The van der Waals surface area contributed by atoms with Crippen LogP contribution in [0.4, 0.5) is 0 Å². The molecule has 3 aliphatic rings. The zero-order valence-corrected chi connectivity index (χ0v) is 10.5. The molecule has 17 heavy (non-hydrogen) atoms. The van der Waals surface area contributed by atoms with E-state index in [4.69, 9.17) is 0 Å². The molecule has 1 N–H and O–H groups in total. The first-order chi connectivity index (χ1) is 8.21. The molecule has 1 heterocycles. The summed E-state index contributed by atoms with van der Waals surface area (Å²) in [5.41, 5.74) is 0.0369. The van der Waals surface area contributed by atoms with Crippen LogP contribution < -0.4 is 0 Å². The summed E-state index contributed by atoms with van der Waals surface area (Å²) in [4.78, 5) is 13.8. The number of hydrogen-bond acceptors (Lipinski definition) is 2. The van der Waals surface area contributed by atoms with Gasteiger partial charge in [0.15, 0.2) is 0 Å². The van der Waals surface area contributed by atoms with Crippen LogP contribution in [-0.4, -0.2) is 34.6 Å². The number of hydrogen-bond donors (Lipinski definition) is 1. The fourth-order valence-electron chi connectivity index (χ4n) is 4.73. The molecule has 0 aromatic heterocycles. The summed E-state index contributed by atoms with van der Waals surface area (Å²) >= 11 is 0. The summed E-state index contributed by atoms with van der Waals surface area (Å²) < 4.78 is 0. The van der Waals surface area contributed by atoms with Crippen LogP contribution in [0.2, 0.25) is 0 Å². The van der Waals surface area contributed by atoms with E-state index >= 15 is 0 Å². The number of fused-ring (bicyclic) bond motifs is 2. The molecule has 2 saturated carbocycles. The normalized spacial score (nSPS) is 41.9. The molecule has 1 saturated heterocycles. The molecule has 96 valence electrons. The number of carboxylic acids is 1. The van der Waals surface area contributed by atoms with E-state index in [1.807, 2.05) is 0 Å². The molecule has 0 amide bonds. The van der Waals surface area contributed by atoms with E-state index in [9.17, 15) is 9.90 Å². The van der Waals surface area contributed by atoms with E-state index in [1.165, 1.54) is 38.5 Å². The van der Waals surface area contributed by atoms with Crippen molar-refractivity contribution in [3.05, 3.63) is 0 Å². The molecule has 1 aliphatic heterocycles. The third kappa shape index (κ3) is 1.88. The van der Waals surface area contributed by atoms with Crippen LogP contribution in [0.5, 0.6) is 0 Å². The van der Waals surface area contributed by atoms with E-state index < -0.39 is 5.97 Å². The van der Waals surface area contributed by atoms with Gasteiger partial charge >= 0.3 is 5.97 Å². The van der Waals surface area contributed by atoms with Gasteiger partial charge in [-0.05, 0) is 57.0 Å². The number of carboxylic acid groups (broad SMARTS) is 1. The predicted octanol–water partition coefficient (Wildman–Crippen LogP) is 2.51. The predicted molar refractivity (Wildman–Crippen MR) is 65.9 cm³/mol. The first-order valence-corrected chi connectivity index (χ1v) is 7.17. The van der Waals surface area contributed by atoms with Gasteiger partial charge in [0, 0.05) is 5.54 Å². The quantitative estimate of drug-likeness (QED) is 0.820. The maximum Gasteiger partial charge on any atom is 0.305 e. The Bertz CT molecular complexity index is 311. The van der Waals surface area contributed by atoms with Crippen LogP contribution in [0.3, 0.4) is 0 Å². The number of piperidine rings is 1. The van der Waals surface area contributed by atoms with Crippen molar-refractivity contribution in [2.45, 2.75) is 56.9 Å². The van der Waals surface area contributed by atoms with Crippen molar-refractivity contribution < 1.29 is 9.90 Å². The summed E-state index contributed by atoms with van der Waals surface area (Å²) in [6.07, 6.45) is 9.31. The van der Waals surface area contributed by atoms with E-state index in [0.29, 0.717) is 12.3 Å². The summed E-state index contributed by atoms with van der Waals surface area (Å²) in [7, 11) is 0. The molecule has 3 atom stereocenters. The van der Waals surface area contributed by atoms with E-state index in [1.54, 1.807) is 0 Å². The number of likely N-dealkylation sites (tertiary alicyclic amines) is 1. The highest BCUT2D eigenvalue weighted by molar-refractivity contribution is 5.68. The lowest BCUT2D eigenvalue weighted by Crippen LogP contribution is -2.55. The third-order valence-electron chi connectivity index (χ3n) is 5.39. The van der Waals surface area contributed by atoms with Gasteiger partial charge in [0.1, 0.15) is 0 Å². The summed E-state index contributed by atoms with van der Waals surface area (Å²) in [6.45, 7) is 2.27. The molecule has 3 nitrogen and oxygen atoms in total. The molecule has 3 rings (SSSR count). The van der Waals surface area contributed by atoms with Crippen molar-refractivity contribution in [1.29, 1.82) is 0 Å². The highest BCUT2D eigenvalue weighted by atomic mass is 16.4. The van der Waals surface area contributed by atoms with Gasteiger partial charge in [0.25, 0.3) is 0 Å². The Labute approximate surface area is 103 Å². The summed E-state index contributed by atoms with van der Waals surface area (Å²) in [5.74, 6) is 0.895. The van der Waals surface area contributed by atoms with Gasteiger partial charge in [0.05, 0.1) is 6.42 Å². The fraction of sp³-hybridized carbons (Fsp3) is 0.929. The zero-order chi connectivity index (χ0) is 11.9. The number of aliphatic carboxylic acids is 1. The van der Waals surface area contributed by atoms with Gasteiger partial charge < -0.3 is 5.11 Å². The maximum atomic E-state index is 11.3. The molecule has 3 unspecified atom stereocenters. The Morgan fingerprint density at radius 2 is 2.00 bits per heavy atom. The van der Waals surface area contributed by atoms with Crippen LogP contribution in [0.25, 0.3) is 0 Å². The van der Waals surface area contributed by atoms with Gasteiger partial charge in [-0.1, -0.05) is 12.8 Å². The van der Waals surface area contributed by atoms with Crippen LogP contribution in [-0.2, 0) is 4.79 Å². The van der Waals surface area contributed by atoms with Crippen LogP contribution in [0.15, 0.2) is 0 Å². The molecule has 2 aliphatic carbocycles. The molecule has 0 spiro atoms. The second kappa shape index (κ2) is 4.27. The lowest BCUT2D eigenvalue weighted by atomic mass is 9.76. The van der Waals surface area contributed by atoms with Crippen LogP contribution in [0, 0.1) is 11.8 Å². The molecular formula is C14H23NO2. The smallest absolute Gasteiger partial charge is 0.305 e. The second-order valence-electron chi connectivity index (χ2n) is 6.30. The van der Waals surface area contributed by atoms with Gasteiger partial charge in [-0.15, -0.1) is 0 Å². The highest BCUT2D eigenvalue weighted by Gasteiger charge is 2.54. The van der Waals surface area contributed by atoms with Crippen molar-refractivity contribution >= 4 is 5.97 Å². The van der Waals surface area contributed by atoms with Crippen molar-refractivity contribution in [3.63, 3.8) is 0 Å². The molecular weight excluding hydrogens is 214 g/mol. The number of nitrogens with zero attached hydrogens (tertiary/aromatic N) is 1. The molecule has 0 aromatic rings. The number of carbonyl (C=O) groups is 1. The molecule has 2 bridgehead atoms. The van der Waals surface area contributed by atoms with Gasteiger partial charge in [-0.2, -0.15) is 0 Å². The lowest BCUT2D eigenvalue weighted by molar-refractivity contribution is -0.142. The molecule has 0 aromatic carbocycles. The van der Waals surface area contributed by atoms with Crippen LogP contribution >= 0.6 is 0 Å². The standard InChI is InChI=1S/C14H23NO2/c16-13(17)10-14(15-6-2-1-3-7-15)9-11-4-5-12(14)8-11/h11-12H,1-10H2,(H,16,17). The van der Waals surface area contributed by atoms with E-state index in [0.717, 1.165) is 25.4 Å². The Balaban J connectivity index is 1.83. The summed E-state index contributed by atoms with van der Waals surface area (Å²) in [6, 6.07) is 0.